The Morgan fingerprint density at radius 1 is 0.269 bits per heavy atom. The molecule has 1 unspecified atom stereocenters. The van der Waals surface area contributed by atoms with E-state index in [0.29, 0.717) is 19.3 Å². The molecule has 0 radical (unpaired) electrons. The smallest absolute Gasteiger partial charge is 0.306 e. The molecule has 450 valence electrons. The zero-order valence-electron chi connectivity index (χ0n) is 51.7. The van der Waals surface area contributed by atoms with Crippen LogP contribution in [0.2, 0.25) is 0 Å². The highest BCUT2D eigenvalue weighted by molar-refractivity contribution is 5.71. The highest BCUT2D eigenvalue weighted by Gasteiger charge is 2.19. The van der Waals surface area contributed by atoms with Gasteiger partial charge in [-0.15, -0.1) is 0 Å². The molecule has 6 nitrogen and oxygen atoms in total. The molecular weight excluding hydrogens is 961 g/mol. The van der Waals surface area contributed by atoms with Gasteiger partial charge >= 0.3 is 17.9 Å². The van der Waals surface area contributed by atoms with Gasteiger partial charge in [0.1, 0.15) is 13.2 Å². The molecule has 0 aliphatic heterocycles. The molecule has 0 N–H and O–H groups in total. The predicted octanol–water partition coefficient (Wildman–Crippen LogP) is 23.1. The molecule has 0 fully saturated rings. The van der Waals surface area contributed by atoms with Gasteiger partial charge in [0, 0.05) is 19.3 Å². The Hall–Kier alpha value is -3.41. The summed E-state index contributed by atoms with van der Waals surface area (Å²) in [6, 6.07) is 0. The summed E-state index contributed by atoms with van der Waals surface area (Å²) in [6.45, 7) is 6.53. The second kappa shape index (κ2) is 66.1. The van der Waals surface area contributed by atoms with Gasteiger partial charge in [-0.25, -0.2) is 0 Å². The molecule has 0 amide bonds. The van der Waals surface area contributed by atoms with Crippen molar-refractivity contribution in [1.29, 1.82) is 0 Å². The zero-order valence-corrected chi connectivity index (χ0v) is 51.7. The van der Waals surface area contributed by atoms with Crippen LogP contribution < -0.4 is 0 Å². The lowest BCUT2D eigenvalue weighted by Gasteiger charge is -2.18. The fourth-order valence-corrected chi connectivity index (χ4v) is 9.62. The van der Waals surface area contributed by atoms with E-state index in [1.165, 1.54) is 193 Å². The van der Waals surface area contributed by atoms with Crippen molar-refractivity contribution in [3.8, 4) is 0 Å². The molecule has 0 spiro atoms. The first-order valence-electron chi connectivity index (χ1n) is 33.6. The highest BCUT2D eigenvalue weighted by atomic mass is 16.6. The van der Waals surface area contributed by atoms with Crippen LogP contribution in [0, 0.1) is 0 Å². The first-order valence-corrected chi connectivity index (χ1v) is 33.6. The Labute approximate surface area is 484 Å². The summed E-state index contributed by atoms with van der Waals surface area (Å²) in [5.41, 5.74) is 0. The number of hydrogen-bond donors (Lipinski definition) is 0. The standard InChI is InChI=1S/C72H126O6/c1-4-7-10-13-16-19-22-25-27-28-29-30-31-32-33-34-35-36-37-38-39-40-41-42-43-44-46-47-50-53-56-59-62-65-71(74)77-68-69(67-76-70(73)64-61-58-55-52-49-24-21-18-15-12-9-6-3)78-72(75)66-63-60-57-54-51-48-45-26-23-20-17-14-11-8-5-2/h7,10,16,18-19,21,25,27,29-30,32-33,35-36,69H,4-6,8-9,11-15,17,20,22-24,26,28,31,34,37-68H2,1-3H3/b10-7-,19-16-,21-18-,27-25-,30-29-,33-32-,36-35-. The van der Waals surface area contributed by atoms with Gasteiger partial charge in [0.05, 0.1) is 0 Å². The van der Waals surface area contributed by atoms with Gasteiger partial charge in [-0.3, -0.25) is 14.4 Å². The van der Waals surface area contributed by atoms with Crippen molar-refractivity contribution < 1.29 is 28.6 Å². The van der Waals surface area contributed by atoms with Crippen LogP contribution in [0.25, 0.3) is 0 Å². The van der Waals surface area contributed by atoms with Gasteiger partial charge < -0.3 is 14.2 Å². The minimum Gasteiger partial charge on any atom is -0.462 e. The summed E-state index contributed by atoms with van der Waals surface area (Å²) in [4.78, 5) is 38.3. The van der Waals surface area contributed by atoms with Crippen LogP contribution in [0.5, 0.6) is 0 Å². The number of hydrogen-bond acceptors (Lipinski definition) is 6. The van der Waals surface area contributed by atoms with Gasteiger partial charge in [-0.2, -0.15) is 0 Å². The molecule has 0 bridgehead atoms. The maximum Gasteiger partial charge on any atom is 0.306 e. The molecule has 6 heteroatoms. The summed E-state index contributed by atoms with van der Waals surface area (Å²) in [5.74, 6) is -0.868. The maximum absolute atomic E-state index is 12.9. The van der Waals surface area contributed by atoms with Crippen molar-refractivity contribution in [1.82, 2.24) is 0 Å². The normalized spacial score (nSPS) is 12.6. The van der Waals surface area contributed by atoms with Gasteiger partial charge in [-0.05, 0) is 96.3 Å². The minimum absolute atomic E-state index is 0.0746. The summed E-state index contributed by atoms with van der Waals surface area (Å²) >= 11 is 0. The second-order valence-electron chi connectivity index (χ2n) is 22.4. The molecule has 0 aliphatic carbocycles. The van der Waals surface area contributed by atoms with Crippen molar-refractivity contribution in [2.24, 2.45) is 0 Å². The van der Waals surface area contributed by atoms with Crippen molar-refractivity contribution in [3.63, 3.8) is 0 Å². The monoisotopic (exact) mass is 1090 g/mol. The molecule has 0 saturated carbocycles. The van der Waals surface area contributed by atoms with Gasteiger partial charge in [-0.1, -0.05) is 305 Å². The molecule has 1 atom stereocenters. The summed E-state index contributed by atoms with van der Waals surface area (Å²) < 4.78 is 16.9. The van der Waals surface area contributed by atoms with E-state index in [4.69, 9.17) is 14.2 Å². The van der Waals surface area contributed by atoms with E-state index in [1.54, 1.807) is 0 Å². The van der Waals surface area contributed by atoms with E-state index in [9.17, 15) is 14.4 Å². The second-order valence-corrected chi connectivity index (χ2v) is 22.4. The van der Waals surface area contributed by atoms with E-state index >= 15 is 0 Å². The Morgan fingerprint density at radius 2 is 0.500 bits per heavy atom. The highest BCUT2D eigenvalue weighted by Crippen LogP contribution is 2.17. The third kappa shape index (κ3) is 63.4. The zero-order chi connectivity index (χ0) is 56.4. The van der Waals surface area contributed by atoms with Crippen LogP contribution in [-0.4, -0.2) is 37.2 Å². The first-order chi connectivity index (χ1) is 38.5. The van der Waals surface area contributed by atoms with Gasteiger partial charge in [0.2, 0.25) is 0 Å². The largest absolute Gasteiger partial charge is 0.462 e. The van der Waals surface area contributed by atoms with E-state index in [2.05, 4.69) is 106 Å². The van der Waals surface area contributed by atoms with Crippen LogP contribution in [0.15, 0.2) is 85.1 Å². The average Bonchev–Trinajstić information content (AvgIpc) is 3.44. The van der Waals surface area contributed by atoms with Crippen LogP contribution >= 0.6 is 0 Å². The van der Waals surface area contributed by atoms with Crippen molar-refractivity contribution in [2.45, 2.75) is 341 Å². The molecule has 0 aliphatic rings. The van der Waals surface area contributed by atoms with Crippen LogP contribution in [0.4, 0.5) is 0 Å². The number of carbonyl (C=O) groups excluding carboxylic acids is 3. The third-order valence-electron chi connectivity index (χ3n) is 14.6. The number of esters is 3. The van der Waals surface area contributed by atoms with E-state index < -0.39 is 6.10 Å². The lowest BCUT2D eigenvalue weighted by Crippen LogP contribution is -2.30. The topological polar surface area (TPSA) is 78.9 Å². The van der Waals surface area contributed by atoms with Crippen LogP contribution in [-0.2, 0) is 28.6 Å². The fraction of sp³-hybridized carbons (Fsp3) is 0.764. The third-order valence-corrected chi connectivity index (χ3v) is 14.6. The van der Waals surface area contributed by atoms with Crippen molar-refractivity contribution >= 4 is 17.9 Å². The van der Waals surface area contributed by atoms with Crippen LogP contribution in [0.3, 0.4) is 0 Å². The summed E-state index contributed by atoms with van der Waals surface area (Å²) in [7, 11) is 0. The molecule has 0 aromatic carbocycles. The van der Waals surface area contributed by atoms with E-state index in [-0.39, 0.29) is 31.1 Å². The van der Waals surface area contributed by atoms with E-state index in [1.807, 2.05) is 0 Å². The number of rotatable bonds is 61. The minimum atomic E-state index is -0.777. The molecular formula is C72H126O6. The number of ether oxygens (including phenoxy) is 3. The quantitative estimate of drug-likeness (QED) is 0.0261. The predicted molar refractivity (Wildman–Crippen MR) is 339 cm³/mol. The molecule has 0 heterocycles. The Morgan fingerprint density at radius 3 is 0.821 bits per heavy atom. The molecule has 0 saturated heterocycles. The lowest BCUT2D eigenvalue weighted by molar-refractivity contribution is -0.167. The Bertz CT molecular complexity index is 1480. The van der Waals surface area contributed by atoms with Gasteiger partial charge in [0.25, 0.3) is 0 Å². The number of carbonyl (C=O) groups is 3. The fourth-order valence-electron chi connectivity index (χ4n) is 9.62. The maximum atomic E-state index is 12.9. The number of unbranched alkanes of at least 4 members (excludes halogenated alkanes) is 36. The van der Waals surface area contributed by atoms with Crippen molar-refractivity contribution in [3.05, 3.63) is 85.1 Å². The molecule has 0 aromatic rings. The SMILES string of the molecule is CC/C=C\C/C=C\C/C=C\C/C=C\C/C=C\C/C=C\CCCCCCCCCCCCCCCCC(=O)OCC(COC(=O)CCCCCCC/C=C\CCCCC)OC(=O)CCCCCCCCCCCCCCCCC. The molecule has 78 heavy (non-hydrogen) atoms. The Kier molecular flexibility index (Phi) is 63.2. The lowest BCUT2D eigenvalue weighted by atomic mass is 10.0. The van der Waals surface area contributed by atoms with Crippen molar-refractivity contribution in [2.75, 3.05) is 13.2 Å². The van der Waals surface area contributed by atoms with E-state index in [0.717, 1.165) is 103 Å². The average molecular weight is 1090 g/mol. The number of allylic oxidation sites excluding steroid dienone is 14. The summed E-state index contributed by atoms with van der Waals surface area (Å²) in [5, 5.41) is 0. The summed E-state index contributed by atoms with van der Waals surface area (Å²) in [6.07, 6.45) is 87.5. The molecule has 0 rings (SSSR count). The van der Waals surface area contributed by atoms with Crippen LogP contribution in [0.1, 0.15) is 335 Å². The molecule has 0 aromatic heterocycles. The first kappa shape index (κ1) is 74.6. The Balaban J connectivity index is 4.15. The van der Waals surface area contributed by atoms with Gasteiger partial charge in [0.15, 0.2) is 6.10 Å².